The van der Waals surface area contributed by atoms with Crippen LogP contribution < -0.4 is 12.4 Å². The minimum absolute atomic E-state index is 0. The average Bonchev–Trinajstić information content (AvgIpc) is 1.88. The van der Waals surface area contributed by atoms with E-state index in [0.717, 1.165) is 18.3 Å². The first kappa shape index (κ1) is 14.5. The van der Waals surface area contributed by atoms with Gasteiger partial charge in [0.1, 0.15) is 0 Å². The molecule has 0 aliphatic carbocycles. The molecule has 0 unspecified atom stereocenters. The first-order valence-corrected chi connectivity index (χ1v) is 2.50. The Bertz CT molecular complexity index is 214. The van der Waals surface area contributed by atoms with Crippen LogP contribution >= 0.6 is 0 Å². The molecular formula is C6H3ClF3MgN. The molecule has 1 heterocycles. The van der Waals surface area contributed by atoms with E-state index in [4.69, 9.17) is 0 Å². The summed E-state index contributed by atoms with van der Waals surface area (Å²) in [7, 11) is 0. The molecule has 0 spiro atoms. The number of nitrogens with zero attached hydrogens (tertiary/aromatic N) is 1. The number of alkyl halides is 3. The van der Waals surface area contributed by atoms with E-state index in [0.29, 0.717) is 0 Å². The minimum Gasteiger partial charge on any atom is -1.00 e. The van der Waals surface area contributed by atoms with Crippen LogP contribution in [0.5, 0.6) is 0 Å². The summed E-state index contributed by atoms with van der Waals surface area (Å²) in [5.74, 6) is 0. The van der Waals surface area contributed by atoms with Crippen LogP contribution in [0.3, 0.4) is 0 Å². The van der Waals surface area contributed by atoms with E-state index in [2.05, 4.69) is 11.2 Å². The van der Waals surface area contributed by atoms with Crippen LogP contribution in [-0.4, -0.2) is 28.0 Å². The third kappa shape index (κ3) is 4.13. The van der Waals surface area contributed by atoms with Gasteiger partial charge >= 0.3 is 29.2 Å². The van der Waals surface area contributed by atoms with Gasteiger partial charge in [0.25, 0.3) is 0 Å². The van der Waals surface area contributed by atoms with Crippen LogP contribution in [0.1, 0.15) is 5.56 Å². The van der Waals surface area contributed by atoms with Crippen LogP contribution in [0.15, 0.2) is 18.3 Å². The van der Waals surface area contributed by atoms with E-state index in [9.17, 15) is 13.2 Å². The molecule has 0 radical (unpaired) electrons. The van der Waals surface area contributed by atoms with Gasteiger partial charge in [0, 0.05) is 0 Å². The third-order valence-electron chi connectivity index (χ3n) is 0.943. The van der Waals surface area contributed by atoms with Crippen molar-refractivity contribution in [3.05, 3.63) is 30.1 Å². The fourth-order valence-electron chi connectivity index (χ4n) is 0.488. The molecule has 62 valence electrons. The molecule has 0 N–H and O–H groups in total. The van der Waals surface area contributed by atoms with Gasteiger partial charge in [-0.25, -0.2) is 0 Å². The van der Waals surface area contributed by atoms with Gasteiger partial charge in [0.05, 0.1) is 0 Å². The number of halogens is 4. The van der Waals surface area contributed by atoms with Crippen LogP contribution in [0.4, 0.5) is 13.2 Å². The number of pyridine rings is 1. The van der Waals surface area contributed by atoms with Crippen molar-refractivity contribution in [3.8, 4) is 0 Å². The smallest absolute Gasteiger partial charge is 1.00 e. The fraction of sp³-hybridized carbons (Fsp3) is 0.167. The topological polar surface area (TPSA) is 12.9 Å². The summed E-state index contributed by atoms with van der Waals surface area (Å²) >= 11 is 0. The molecule has 1 rings (SSSR count). The van der Waals surface area contributed by atoms with Crippen molar-refractivity contribution in [2.24, 2.45) is 0 Å². The Balaban J connectivity index is 0. The number of hydrogen-bond donors (Lipinski definition) is 0. The van der Waals surface area contributed by atoms with Crippen LogP contribution in [0, 0.1) is 6.20 Å². The van der Waals surface area contributed by atoms with Gasteiger partial charge < -0.3 is 17.4 Å². The summed E-state index contributed by atoms with van der Waals surface area (Å²) in [6.07, 6.45) is -1.30. The van der Waals surface area contributed by atoms with Crippen molar-refractivity contribution in [1.82, 2.24) is 4.98 Å². The Labute approximate surface area is 89.9 Å². The Morgan fingerprint density at radius 2 is 1.92 bits per heavy atom. The average molecular weight is 206 g/mol. The van der Waals surface area contributed by atoms with Crippen molar-refractivity contribution in [1.29, 1.82) is 0 Å². The zero-order chi connectivity index (χ0) is 7.61. The van der Waals surface area contributed by atoms with Crippen molar-refractivity contribution in [3.63, 3.8) is 0 Å². The maximum Gasteiger partial charge on any atom is 2.00 e. The SMILES string of the molecule is FC(F)(F)c1cc[c-]nc1.[Cl-].[Mg+2]. The molecule has 0 amide bonds. The number of aromatic nitrogens is 1. The van der Waals surface area contributed by atoms with Crippen LogP contribution in [0.2, 0.25) is 0 Å². The summed E-state index contributed by atoms with van der Waals surface area (Å²) in [5.41, 5.74) is -0.744. The molecule has 1 nitrogen and oxygen atoms in total. The molecule has 0 atom stereocenters. The fourth-order valence-corrected chi connectivity index (χ4v) is 0.488. The van der Waals surface area contributed by atoms with Crippen molar-refractivity contribution >= 4 is 23.1 Å². The van der Waals surface area contributed by atoms with E-state index in [1.807, 2.05) is 0 Å². The minimum atomic E-state index is -4.29. The predicted octanol–water partition coefficient (Wildman–Crippen LogP) is -1.48. The molecule has 0 aliphatic heterocycles. The second kappa shape index (κ2) is 5.61. The summed E-state index contributed by atoms with van der Waals surface area (Å²) in [6.45, 7) is 0. The van der Waals surface area contributed by atoms with Gasteiger partial charge in [-0.1, -0.05) is 12.4 Å². The first-order valence-electron chi connectivity index (χ1n) is 2.50. The number of hydrogen-bond acceptors (Lipinski definition) is 1. The molecule has 0 saturated heterocycles. The zero-order valence-corrected chi connectivity index (χ0v) is 8.07. The Hall–Kier alpha value is -0.00377. The van der Waals surface area contributed by atoms with Gasteiger partial charge in [-0.15, -0.1) is 0 Å². The summed E-state index contributed by atoms with van der Waals surface area (Å²) < 4.78 is 35.2. The van der Waals surface area contributed by atoms with Gasteiger partial charge in [-0.2, -0.15) is 25.3 Å². The quantitative estimate of drug-likeness (QED) is 0.372. The predicted molar refractivity (Wildman–Crippen MR) is 33.8 cm³/mol. The summed E-state index contributed by atoms with van der Waals surface area (Å²) in [4.78, 5) is 3.21. The Morgan fingerprint density at radius 1 is 1.33 bits per heavy atom. The largest absolute Gasteiger partial charge is 2.00 e. The second-order valence-corrected chi connectivity index (χ2v) is 1.67. The van der Waals surface area contributed by atoms with Crippen LogP contribution in [-0.2, 0) is 6.18 Å². The van der Waals surface area contributed by atoms with Gasteiger partial charge in [-0.05, 0) is 5.56 Å². The van der Waals surface area contributed by atoms with Crippen molar-refractivity contribution in [2.45, 2.75) is 6.18 Å². The molecular weight excluding hydrogens is 203 g/mol. The molecule has 0 saturated carbocycles. The van der Waals surface area contributed by atoms with Crippen LogP contribution in [0.25, 0.3) is 0 Å². The third-order valence-corrected chi connectivity index (χ3v) is 0.943. The summed E-state index contributed by atoms with van der Waals surface area (Å²) in [6, 6.07) is 2.05. The zero-order valence-electron chi connectivity index (χ0n) is 5.90. The maximum atomic E-state index is 11.7. The normalized spacial score (nSPS) is 9.58. The summed E-state index contributed by atoms with van der Waals surface area (Å²) in [5, 5.41) is 0. The molecule has 12 heavy (non-hydrogen) atoms. The van der Waals surface area contributed by atoms with Crippen molar-refractivity contribution in [2.75, 3.05) is 0 Å². The monoisotopic (exact) mass is 205 g/mol. The molecule has 1 aromatic rings. The Morgan fingerprint density at radius 3 is 2.17 bits per heavy atom. The van der Waals surface area contributed by atoms with E-state index < -0.39 is 11.7 Å². The van der Waals surface area contributed by atoms with Gasteiger partial charge in [-0.3, -0.25) is 0 Å². The van der Waals surface area contributed by atoms with E-state index in [-0.39, 0.29) is 35.5 Å². The molecule has 0 bridgehead atoms. The van der Waals surface area contributed by atoms with Gasteiger partial charge in [0.2, 0.25) is 0 Å². The number of rotatable bonds is 0. The van der Waals surface area contributed by atoms with E-state index in [1.54, 1.807) is 0 Å². The molecule has 0 aliphatic rings. The standard InChI is InChI=1S/C6H3F3N.ClH.Mg/c7-6(8,9)5-2-1-3-10-4-5;;/h1-2,4H;1H;/q-1;;+2/p-1. The van der Waals surface area contributed by atoms with Gasteiger partial charge in [0.15, 0.2) is 0 Å². The Kier molecular flexibility index (Phi) is 6.79. The second-order valence-electron chi connectivity index (χ2n) is 1.67. The molecule has 6 heteroatoms. The molecule has 0 aromatic carbocycles. The molecule has 1 aromatic heterocycles. The van der Waals surface area contributed by atoms with E-state index >= 15 is 0 Å². The van der Waals surface area contributed by atoms with E-state index in [1.165, 1.54) is 0 Å². The van der Waals surface area contributed by atoms with Crippen molar-refractivity contribution < 1.29 is 25.6 Å². The maximum absolute atomic E-state index is 11.7. The first-order chi connectivity index (χ1) is 4.61. The molecule has 0 fully saturated rings.